The van der Waals surface area contributed by atoms with Crippen molar-refractivity contribution in [2.24, 2.45) is 0 Å². The van der Waals surface area contributed by atoms with Crippen molar-refractivity contribution >= 4 is 15.9 Å². The summed E-state index contributed by atoms with van der Waals surface area (Å²) in [6, 6.07) is 7.30. The summed E-state index contributed by atoms with van der Waals surface area (Å²) >= 11 is 0. The minimum atomic E-state index is -3.41. The van der Waals surface area contributed by atoms with Crippen molar-refractivity contribution in [3.05, 3.63) is 29.8 Å². The highest BCUT2D eigenvalue weighted by molar-refractivity contribution is 7.89. The molecule has 1 aliphatic heterocycles. The van der Waals surface area contributed by atoms with Crippen LogP contribution in [0, 0.1) is 0 Å². The topological polar surface area (TPSA) is 78.5 Å². The van der Waals surface area contributed by atoms with E-state index < -0.39 is 10.0 Å². The average molecular weight is 339 g/mol. The number of benzene rings is 1. The van der Waals surface area contributed by atoms with Crippen LogP contribution < -0.4 is 10.0 Å². The zero-order valence-corrected chi connectivity index (χ0v) is 14.7. The van der Waals surface area contributed by atoms with Crippen molar-refractivity contribution in [2.45, 2.75) is 43.7 Å². The monoisotopic (exact) mass is 339 g/mol. The summed E-state index contributed by atoms with van der Waals surface area (Å²) in [4.78, 5) is 14.5. The van der Waals surface area contributed by atoms with Gasteiger partial charge in [-0.2, -0.15) is 0 Å². The molecule has 1 saturated heterocycles. The molecule has 1 amide bonds. The second kappa shape index (κ2) is 7.42. The molecule has 2 unspecified atom stereocenters. The fourth-order valence-corrected chi connectivity index (χ4v) is 3.62. The maximum Gasteiger partial charge on any atom is 0.240 e. The summed E-state index contributed by atoms with van der Waals surface area (Å²) < 4.78 is 25.6. The normalized spacial score (nSPS) is 22.1. The van der Waals surface area contributed by atoms with Gasteiger partial charge in [-0.1, -0.05) is 12.1 Å². The molecule has 0 aliphatic carbocycles. The maximum absolute atomic E-state index is 12.3. The minimum absolute atomic E-state index is 0.150. The molecule has 6 nitrogen and oxygen atoms in total. The molecule has 1 aromatic carbocycles. The second-order valence-electron chi connectivity index (χ2n) is 6.12. The SMILES string of the molecule is CNS(=O)(=O)c1ccc(CCC(=O)N2CC(C)NC(C)C2)cc1. The van der Waals surface area contributed by atoms with E-state index >= 15 is 0 Å². The van der Waals surface area contributed by atoms with Crippen LogP contribution in [0.1, 0.15) is 25.8 Å². The average Bonchev–Trinajstić information content (AvgIpc) is 2.52. The predicted molar refractivity (Wildman–Crippen MR) is 89.6 cm³/mol. The van der Waals surface area contributed by atoms with Crippen LogP contribution in [0.3, 0.4) is 0 Å². The Hall–Kier alpha value is -1.44. The third kappa shape index (κ3) is 4.76. The highest BCUT2D eigenvalue weighted by Gasteiger charge is 2.24. The first-order chi connectivity index (χ1) is 10.8. The van der Waals surface area contributed by atoms with Crippen molar-refractivity contribution in [3.8, 4) is 0 Å². The Morgan fingerprint density at radius 3 is 2.30 bits per heavy atom. The molecular formula is C16H25N3O3S. The summed E-state index contributed by atoms with van der Waals surface area (Å²) in [5.41, 5.74) is 0.963. The van der Waals surface area contributed by atoms with Crippen molar-refractivity contribution < 1.29 is 13.2 Å². The van der Waals surface area contributed by atoms with E-state index in [0.29, 0.717) is 24.9 Å². The van der Waals surface area contributed by atoms with Gasteiger partial charge < -0.3 is 10.2 Å². The highest BCUT2D eigenvalue weighted by Crippen LogP contribution is 2.13. The van der Waals surface area contributed by atoms with Crippen LogP contribution in [0.4, 0.5) is 0 Å². The minimum Gasteiger partial charge on any atom is -0.340 e. The Bertz CT molecular complexity index is 633. The van der Waals surface area contributed by atoms with E-state index in [0.717, 1.165) is 18.7 Å². The van der Waals surface area contributed by atoms with Gasteiger partial charge in [0, 0.05) is 31.6 Å². The highest BCUT2D eigenvalue weighted by atomic mass is 32.2. The van der Waals surface area contributed by atoms with E-state index in [1.54, 1.807) is 24.3 Å². The van der Waals surface area contributed by atoms with Gasteiger partial charge in [-0.25, -0.2) is 13.1 Å². The number of piperazine rings is 1. The number of amides is 1. The number of carbonyl (C=O) groups excluding carboxylic acids is 1. The smallest absolute Gasteiger partial charge is 0.240 e. The number of carbonyl (C=O) groups is 1. The van der Waals surface area contributed by atoms with Gasteiger partial charge in [-0.15, -0.1) is 0 Å². The first-order valence-corrected chi connectivity index (χ1v) is 9.36. The molecule has 0 saturated carbocycles. The van der Waals surface area contributed by atoms with Gasteiger partial charge in [0.2, 0.25) is 15.9 Å². The summed E-state index contributed by atoms with van der Waals surface area (Å²) in [5.74, 6) is 0.150. The maximum atomic E-state index is 12.3. The lowest BCUT2D eigenvalue weighted by Crippen LogP contribution is -2.55. The Balaban J connectivity index is 1.92. The lowest BCUT2D eigenvalue weighted by atomic mass is 10.1. The number of hydrogen-bond donors (Lipinski definition) is 2. The van der Waals surface area contributed by atoms with Gasteiger partial charge in [0.1, 0.15) is 0 Å². The molecular weight excluding hydrogens is 314 g/mol. The Labute approximate surface area is 138 Å². The third-order valence-electron chi connectivity index (χ3n) is 4.04. The van der Waals surface area contributed by atoms with Gasteiger partial charge >= 0.3 is 0 Å². The quantitative estimate of drug-likeness (QED) is 0.829. The molecule has 2 N–H and O–H groups in total. The molecule has 0 bridgehead atoms. The van der Waals surface area contributed by atoms with Gasteiger partial charge in [-0.05, 0) is 45.0 Å². The predicted octanol–water partition coefficient (Wildman–Crippen LogP) is 0.736. The van der Waals surface area contributed by atoms with Crippen molar-refractivity contribution in [2.75, 3.05) is 20.1 Å². The van der Waals surface area contributed by atoms with E-state index in [4.69, 9.17) is 0 Å². The van der Waals surface area contributed by atoms with Crippen LogP contribution in [0.25, 0.3) is 0 Å². The van der Waals surface area contributed by atoms with E-state index in [1.165, 1.54) is 7.05 Å². The largest absolute Gasteiger partial charge is 0.340 e. The number of hydrogen-bond acceptors (Lipinski definition) is 4. The lowest BCUT2D eigenvalue weighted by Gasteiger charge is -2.36. The zero-order valence-electron chi connectivity index (χ0n) is 13.9. The van der Waals surface area contributed by atoms with Crippen LogP contribution in [-0.2, 0) is 21.2 Å². The van der Waals surface area contributed by atoms with Crippen LogP contribution in [0.5, 0.6) is 0 Å². The number of sulfonamides is 1. The van der Waals surface area contributed by atoms with Gasteiger partial charge in [0.05, 0.1) is 4.90 Å². The van der Waals surface area contributed by atoms with Crippen LogP contribution in [-0.4, -0.2) is 51.4 Å². The molecule has 2 atom stereocenters. The molecule has 1 heterocycles. The lowest BCUT2D eigenvalue weighted by molar-refractivity contribution is -0.132. The van der Waals surface area contributed by atoms with Gasteiger partial charge in [-0.3, -0.25) is 4.79 Å². The number of rotatable bonds is 5. The van der Waals surface area contributed by atoms with Crippen LogP contribution in [0.15, 0.2) is 29.2 Å². The van der Waals surface area contributed by atoms with Crippen LogP contribution in [0.2, 0.25) is 0 Å². The molecule has 1 aliphatic rings. The zero-order chi connectivity index (χ0) is 17.0. The fourth-order valence-electron chi connectivity index (χ4n) is 2.89. The van der Waals surface area contributed by atoms with Crippen molar-refractivity contribution in [3.63, 3.8) is 0 Å². The number of nitrogens with one attached hydrogen (secondary N) is 2. The standard InChI is InChI=1S/C16H25N3O3S/c1-12-10-19(11-13(2)18-12)16(20)9-6-14-4-7-15(8-5-14)23(21,22)17-3/h4-5,7-8,12-13,17-18H,6,9-11H2,1-3H3. The Kier molecular flexibility index (Phi) is 5.78. The molecule has 1 fully saturated rings. The van der Waals surface area contributed by atoms with Crippen molar-refractivity contribution in [1.82, 2.24) is 14.9 Å². The summed E-state index contributed by atoms with van der Waals surface area (Å²) in [5, 5.41) is 3.41. The summed E-state index contributed by atoms with van der Waals surface area (Å²) in [6.45, 7) is 5.64. The van der Waals surface area contributed by atoms with E-state index in [1.807, 2.05) is 4.90 Å². The molecule has 0 spiro atoms. The second-order valence-corrected chi connectivity index (χ2v) is 8.01. The van der Waals surface area contributed by atoms with E-state index in [-0.39, 0.29) is 10.8 Å². The van der Waals surface area contributed by atoms with Gasteiger partial charge in [0.25, 0.3) is 0 Å². The summed E-state index contributed by atoms with van der Waals surface area (Å²) in [6.07, 6.45) is 1.06. The van der Waals surface area contributed by atoms with E-state index in [2.05, 4.69) is 23.9 Å². The Morgan fingerprint density at radius 1 is 1.22 bits per heavy atom. The third-order valence-corrected chi connectivity index (χ3v) is 5.47. The fraction of sp³-hybridized carbons (Fsp3) is 0.562. The Morgan fingerprint density at radius 2 is 1.78 bits per heavy atom. The van der Waals surface area contributed by atoms with E-state index in [9.17, 15) is 13.2 Å². The molecule has 2 rings (SSSR count). The van der Waals surface area contributed by atoms with Gasteiger partial charge in [0.15, 0.2) is 0 Å². The molecule has 7 heteroatoms. The first-order valence-electron chi connectivity index (χ1n) is 7.88. The number of aryl methyl sites for hydroxylation is 1. The molecule has 128 valence electrons. The first kappa shape index (κ1) is 17.9. The number of nitrogens with zero attached hydrogens (tertiary/aromatic N) is 1. The molecule has 1 aromatic rings. The summed E-state index contributed by atoms with van der Waals surface area (Å²) in [7, 11) is -2.02. The van der Waals surface area contributed by atoms with Crippen LogP contribution >= 0.6 is 0 Å². The molecule has 0 radical (unpaired) electrons. The molecule has 0 aromatic heterocycles. The van der Waals surface area contributed by atoms with Crippen molar-refractivity contribution in [1.29, 1.82) is 0 Å². The molecule has 23 heavy (non-hydrogen) atoms.